The molecule has 0 saturated carbocycles. The first kappa shape index (κ1) is 16.1. The molecule has 2 rings (SSSR count). The van der Waals surface area contributed by atoms with Crippen molar-refractivity contribution in [2.24, 2.45) is 0 Å². The van der Waals surface area contributed by atoms with Crippen LogP contribution in [-0.4, -0.2) is 43.3 Å². The van der Waals surface area contributed by atoms with Gasteiger partial charge in [0.2, 0.25) is 5.91 Å². The number of amides is 2. The van der Waals surface area contributed by atoms with E-state index in [1.807, 2.05) is 5.32 Å². The van der Waals surface area contributed by atoms with Gasteiger partial charge in [-0.3, -0.25) is 9.69 Å². The lowest BCUT2D eigenvalue weighted by molar-refractivity contribution is -0.141. The summed E-state index contributed by atoms with van der Waals surface area (Å²) in [6.07, 6.45) is -4.75. The molecular weight excluding hydrogens is 301 g/mol. The zero-order valence-electron chi connectivity index (χ0n) is 11.8. The molecule has 8 heteroatoms. The molecule has 1 aliphatic heterocycles. The molecule has 1 atom stereocenters. The van der Waals surface area contributed by atoms with Crippen molar-refractivity contribution in [2.75, 3.05) is 20.2 Å². The van der Waals surface area contributed by atoms with E-state index in [4.69, 9.17) is 0 Å². The van der Waals surface area contributed by atoms with Gasteiger partial charge in [0, 0.05) is 6.54 Å². The van der Waals surface area contributed by atoms with E-state index >= 15 is 0 Å². The summed E-state index contributed by atoms with van der Waals surface area (Å²) < 4.78 is 41.5. The van der Waals surface area contributed by atoms with Crippen LogP contribution >= 0.6 is 0 Å². The highest BCUT2D eigenvalue weighted by atomic mass is 19.4. The third kappa shape index (κ3) is 3.49. The SMILES string of the molecule is COC(=O)N1CCc2ccccc2[C@H]1C(=O)NCC(F)(F)F. The predicted molar refractivity (Wildman–Crippen MR) is 71.1 cm³/mol. The van der Waals surface area contributed by atoms with E-state index in [0.29, 0.717) is 12.0 Å². The molecule has 0 unspecified atom stereocenters. The van der Waals surface area contributed by atoms with Crippen molar-refractivity contribution in [3.05, 3.63) is 35.4 Å². The number of ether oxygens (including phenoxy) is 1. The number of nitrogens with one attached hydrogen (secondary N) is 1. The molecule has 0 saturated heterocycles. The van der Waals surface area contributed by atoms with Crippen molar-refractivity contribution >= 4 is 12.0 Å². The number of alkyl halides is 3. The summed E-state index contributed by atoms with van der Waals surface area (Å²) in [6, 6.07) is 5.73. The standard InChI is InChI=1S/C14H15F3N2O3/c1-22-13(21)19-7-6-9-4-2-3-5-10(9)11(19)12(20)18-8-14(15,16)17/h2-5,11H,6-8H2,1H3,(H,18,20)/t11-/m0/s1. The maximum absolute atomic E-state index is 12.3. The van der Waals surface area contributed by atoms with Crippen molar-refractivity contribution in [1.29, 1.82) is 0 Å². The van der Waals surface area contributed by atoms with Crippen LogP contribution in [0.2, 0.25) is 0 Å². The van der Waals surface area contributed by atoms with Gasteiger partial charge in [-0.25, -0.2) is 4.79 Å². The highest BCUT2D eigenvalue weighted by Crippen LogP contribution is 2.30. The van der Waals surface area contributed by atoms with E-state index < -0.39 is 30.8 Å². The monoisotopic (exact) mass is 316 g/mol. The van der Waals surface area contributed by atoms with Gasteiger partial charge < -0.3 is 10.1 Å². The van der Waals surface area contributed by atoms with E-state index in [9.17, 15) is 22.8 Å². The van der Waals surface area contributed by atoms with Gasteiger partial charge >= 0.3 is 12.3 Å². The molecule has 1 aliphatic rings. The van der Waals surface area contributed by atoms with Crippen LogP contribution in [0, 0.1) is 0 Å². The number of methoxy groups -OCH3 is 1. The van der Waals surface area contributed by atoms with Crippen LogP contribution < -0.4 is 5.32 Å². The van der Waals surface area contributed by atoms with E-state index in [2.05, 4.69) is 4.74 Å². The topological polar surface area (TPSA) is 58.6 Å². The largest absolute Gasteiger partial charge is 0.453 e. The van der Waals surface area contributed by atoms with Gasteiger partial charge in [-0.2, -0.15) is 13.2 Å². The number of rotatable bonds is 2. The maximum atomic E-state index is 12.3. The number of fused-ring (bicyclic) bond motifs is 1. The number of benzene rings is 1. The Labute approximate surface area is 125 Å². The first-order valence-corrected chi connectivity index (χ1v) is 6.60. The summed E-state index contributed by atoms with van der Waals surface area (Å²) in [7, 11) is 1.16. The Kier molecular flexibility index (Phi) is 4.58. The van der Waals surface area contributed by atoms with Crippen molar-refractivity contribution in [1.82, 2.24) is 10.2 Å². The van der Waals surface area contributed by atoms with Gasteiger partial charge in [0.25, 0.3) is 0 Å². The number of hydrogen-bond donors (Lipinski definition) is 1. The predicted octanol–water partition coefficient (Wildman–Crippen LogP) is 2.03. The van der Waals surface area contributed by atoms with E-state index in [-0.39, 0.29) is 6.54 Å². The fraction of sp³-hybridized carbons (Fsp3) is 0.429. The second-order valence-electron chi connectivity index (χ2n) is 4.85. The Balaban J connectivity index is 2.29. The summed E-state index contributed by atoms with van der Waals surface area (Å²) in [6.45, 7) is -1.24. The molecule has 0 fully saturated rings. The summed E-state index contributed by atoms with van der Waals surface area (Å²) in [5, 5.41) is 1.83. The molecule has 0 bridgehead atoms. The van der Waals surface area contributed by atoms with Gasteiger partial charge in [0.1, 0.15) is 12.6 Å². The lowest BCUT2D eigenvalue weighted by atomic mass is 9.92. The molecule has 0 aromatic heterocycles. The summed E-state index contributed by atoms with van der Waals surface area (Å²) in [5.74, 6) is -0.880. The molecule has 2 amide bonds. The van der Waals surface area contributed by atoms with Gasteiger partial charge in [0.05, 0.1) is 7.11 Å². The summed E-state index contributed by atoms with van der Waals surface area (Å²) in [4.78, 5) is 25.1. The molecule has 0 radical (unpaired) electrons. The lowest BCUT2D eigenvalue weighted by Crippen LogP contribution is -2.48. The van der Waals surface area contributed by atoms with E-state index in [0.717, 1.165) is 17.6 Å². The second kappa shape index (κ2) is 6.25. The van der Waals surface area contributed by atoms with Crippen LogP contribution in [0.1, 0.15) is 17.2 Å². The van der Waals surface area contributed by atoms with Crippen LogP contribution in [0.15, 0.2) is 24.3 Å². The number of carbonyl (C=O) groups is 2. The van der Waals surface area contributed by atoms with Crippen LogP contribution in [0.25, 0.3) is 0 Å². The van der Waals surface area contributed by atoms with Crippen molar-refractivity contribution < 1.29 is 27.5 Å². The van der Waals surface area contributed by atoms with Gasteiger partial charge in [-0.15, -0.1) is 0 Å². The van der Waals surface area contributed by atoms with Crippen molar-refractivity contribution in [3.8, 4) is 0 Å². The number of carbonyl (C=O) groups excluding carboxylic acids is 2. The van der Waals surface area contributed by atoms with Crippen molar-refractivity contribution in [3.63, 3.8) is 0 Å². The molecule has 1 aromatic rings. The fourth-order valence-corrected chi connectivity index (χ4v) is 2.45. The average Bonchev–Trinajstić information content (AvgIpc) is 2.50. The highest BCUT2D eigenvalue weighted by Gasteiger charge is 2.38. The molecule has 1 heterocycles. The summed E-state index contributed by atoms with van der Waals surface area (Å²) >= 11 is 0. The zero-order valence-corrected chi connectivity index (χ0v) is 11.8. The van der Waals surface area contributed by atoms with Gasteiger partial charge in [-0.1, -0.05) is 24.3 Å². The molecule has 5 nitrogen and oxygen atoms in total. The molecule has 0 aliphatic carbocycles. The molecule has 22 heavy (non-hydrogen) atoms. The average molecular weight is 316 g/mol. The number of halogens is 3. The van der Waals surface area contributed by atoms with Gasteiger partial charge in [0.15, 0.2) is 0 Å². The number of nitrogens with zero attached hydrogens (tertiary/aromatic N) is 1. The molecule has 120 valence electrons. The van der Waals surface area contributed by atoms with Crippen LogP contribution in [-0.2, 0) is 16.0 Å². The normalized spacial score (nSPS) is 17.6. The highest BCUT2D eigenvalue weighted by molar-refractivity contribution is 5.87. The third-order valence-corrected chi connectivity index (χ3v) is 3.40. The third-order valence-electron chi connectivity index (χ3n) is 3.40. The van der Waals surface area contributed by atoms with Crippen LogP contribution in [0.4, 0.5) is 18.0 Å². The van der Waals surface area contributed by atoms with Crippen LogP contribution in [0.5, 0.6) is 0 Å². The van der Waals surface area contributed by atoms with Gasteiger partial charge in [-0.05, 0) is 17.5 Å². The Hall–Kier alpha value is -2.25. The van der Waals surface area contributed by atoms with Crippen molar-refractivity contribution in [2.45, 2.75) is 18.6 Å². The first-order valence-electron chi connectivity index (χ1n) is 6.60. The Bertz CT molecular complexity index is 575. The smallest absolute Gasteiger partial charge is 0.410 e. The second-order valence-corrected chi connectivity index (χ2v) is 4.85. The number of hydrogen-bond acceptors (Lipinski definition) is 3. The zero-order chi connectivity index (χ0) is 16.3. The lowest BCUT2D eigenvalue weighted by Gasteiger charge is -2.35. The van der Waals surface area contributed by atoms with Crippen LogP contribution in [0.3, 0.4) is 0 Å². The van der Waals surface area contributed by atoms with E-state index in [1.165, 1.54) is 0 Å². The Morgan fingerprint density at radius 3 is 2.68 bits per heavy atom. The summed E-state index contributed by atoms with van der Waals surface area (Å²) in [5.41, 5.74) is 1.34. The Morgan fingerprint density at radius 1 is 1.36 bits per heavy atom. The Morgan fingerprint density at radius 2 is 2.05 bits per heavy atom. The minimum atomic E-state index is -4.51. The first-order chi connectivity index (χ1) is 10.3. The molecule has 1 aromatic carbocycles. The fourth-order valence-electron chi connectivity index (χ4n) is 2.45. The molecular formula is C14H15F3N2O3. The quantitative estimate of drug-likeness (QED) is 0.908. The molecule has 1 N–H and O–H groups in total. The van der Waals surface area contributed by atoms with E-state index in [1.54, 1.807) is 24.3 Å². The minimum Gasteiger partial charge on any atom is -0.453 e. The minimum absolute atomic E-state index is 0.202. The molecule has 0 spiro atoms. The maximum Gasteiger partial charge on any atom is 0.410 e.